The molecule has 0 radical (unpaired) electrons. The number of carbonyl (C=O) groups excluding carboxylic acids is 1. The van der Waals surface area contributed by atoms with E-state index in [1.54, 1.807) is 24.9 Å². The van der Waals surface area contributed by atoms with Gasteiger partial charge in [0.2, 0.25) is 12.1 Å². The molecule has 3 aromatic carbocycles. The standard InChI is InChI=1S/C48H59N3O11S/c1-3-26-59-48-43(50(2)47(54)60-35-20-18-34(19-21-35)51(55)56)32-41(49-62-44-17-9-12-27-58-44)39-30-33(13-7-10-24-52)38(16-8-11-25-53)45(46(39)48)40-31-36(22-23-42(40)61-48)57-28-29-63-37-14-5-4-6-15-37/h3-6,14-15,18-23,30-31,33,38,43-46,52-53H,1,7-13,16-17,24-29,32H2,2H3. The van der Waals surface area contributed by atoms with Crippen molar-refractivity contribution in [3.8, 4) is 17.2 Å². The number of amides is 1. The average molecular weight is 886 g/mol. The highest BCUT2D eigenvalue weighted by atomic mass is 32.2. The maximum Gasteiger partial charge on any atom is 0.415 e. The van der Waals surface area contributed by atoms with Gasteiger partial charge in [-0.25, -0.2) is 4.79 Å². The molecule has 2 fully saturated rings. The molecule has 2 aliphatic carbocycles. The summed E-state index contributed by atoms with van der Waals surface area (Å²) in [4.78, 5) is 34.0. The first-order chi connectivity index (χ1) is 30.8. The van der Waals surface area contributed by atoms with Crippen LogP contribution in [0.25, 0.3) is 0 Å². The van der Waals surface area contributed by atoms with Gasteiger partial charge in [0.05, 0.1) is 36.4 Å². The molecule has 2 aliphatic heterocycles. The highest BCUT2D eigenvalue weighted by molar-refractivity contribution is 7.99. The largest absolute Gasteiger partial charge is 0.493 e. The lowest BCUT2D eigenvalue weighted by atomic mass is 9.55. The van der Waals surface area contributed by atoms with Crippen LogP contribution >= 0.6 is 11.8 Å². The van der Waals surface area contributed by atoms with Crippen molar-refractivity contribution in [2.24, 2.45) is 22.9 Å². The summed E-state index contributed by atoms with van der Waals surface area (Å²) in [6.07, 6.45) is 9.94. The minimum atomic E-state index is -1.48. The fraction of sp³-hybridized carbons (Fsp3) is 0.500. The average Bonchev–Trinajstić information content (AvgIpc) is 3.30. The number of allylic oxidation sites excluding steroid dienone is 1. The Balaban J connectivity index is 1.33. The topological polar surface area (TPSA) is 172 Å². The summed E-state index contributed by atoms with van der Waals surface area (Å²) in [6.45, 7) is 5.31. The number of nitro benzene ring substituents is 1. The Morgan fingerprint density at radius 2 is 1.79 bits per heavy atom. The number of benzene rings is 3. The molecule has 0 bridgehead atoms. The molecule has 14 nitrogen and oxygen atoms in total. The Bertz CT molecular complexity index is 2060. The van der Waals surface area contributed by atoms with Crippen molar-refractivity contribution < 1.29 is 48.5 Å². The number of nitro groups is 1. The number of fused-ring (bicyclic) bond motifs is 2. The second kappa shape index (κ2) is 22.1. The molecule has 2 heterocycles. The molecule has 7 rings (SSSR count). The number of aliphatic hydroxyl groups is 2. The van der Waals surface area contributed by atoms with E-state index >= 15 is 0 Å². The van der Waals surface area contributed by atoms with Crippen molar-refractivity contribution in [3.63, 3.8) is 0 Å². The van der Waals surface area contributed by atoms with Gasteiger partial charge in [-0.15, -0.1) is 18.3 Å². The van der Waals surface area contributed by atoms with Gasteiger partial charge in [0.1, 0.15) is 23.3 Å². The molecule has 0 spiro atoms. The van der Waals surface area contributed by atoms with E-state index in [4.69, 9.17) is 33.7 Å². The summed E-state index contributed by atoms with van der Waals surface area (Å²) in [7, 11) is 1.63. The van der Waals surface area contributed by atoms with E-state index < -0.39 is 35.1 Å². The van der Waals surface area contributed by atoms with Crippen LogP contribution < -0.4 is 14.2 Å². The fourth-order valence-corrected chi connectivity index (χ4v) is 10.3. The van der Waals surface area contributed by atoms with Gasteiger partial charge >= 0.3 is 6.09 Å². The van der Waals surface area contributed by atoms with Gasteiger partial charge in [-0.2, -0.15) is 0 Å². The molecule has 63 heavy (non-hydrogen) atoms. The van der Waals surface area contributed by atoms with E-state index in [-0.39, 0.29) is 55.4 Å². The first-order valence-corrected chi connectivity index (χ1v) is 23.1. The van der Waals surface area contributed by atoms with Crippen LogP contribution in [0.15, 0.2) is 107 Å². The van der Waals surface area contributed by atoms with E-state index in [0.717, 1.165) is 55.4 Å². The van der Waals surface area contributed by atoms with Crippen LogP contribution in [-0.2, 0) is 14.3 Å². The maximum absolute atomic E-state index is 14.3. The van der Waals surface area contributed by atoms with E-state index in [2.05, 4.69) is 30.9 Å². The van der Waals surface area contributed by atoms with Gasteiger partial charge in [0, 0.05) is 67.4 Å². The number of rotatable bonds is 21. The fourth-order valence-electron chi connectivity index (χ4n) is 9.51. The van der Waals surface area contributed by atoms with Gasteiger partial charge in [0.25, 0.3) is 5.69 Å². The first kappa shape index (κ1) is 46.1. The number of aliphatic hydroxyl groups excluding tert-OH is 2. The molecule has 338 valence electrons. The Kier molecular flexibility index (Phi) is 16.2. The van der Waals surface area contributed by atoms with Crippen LogP contribution in [0.3, 0.4) is 0 Å². The molecule has 2 N–H and O–H groups in total. The normalized spacial score (nSPS) is 25.4. The molecule has 7 atom stereocenters. The van der Waals surface area contributed by atoms with Gasteiger partial charge in [-0.05, 0) is 98.4 Å². The molecular formula is C48H59N3O11S. The predicted molar refractivity (Wildman–Crippen MR) is 239 cm³/mol. The van der Waals surface area contributed by atoms with Crippen LogP contribution in [0.1, 0.15) is 75.7 Å². The number of hydrogen-bond acceptors (Lipinski definition) is 13. The smallest absolute Gasteiger partial charge is 0.415 e. The molecular weight excluding hydrogens is 827 g/mol. The van der Waals surface area contributed by atoms with E-state index in [1.165, 1.54) is 34.1 Å². The lowest BCUT2D eigenvalue weighted by Crippen LogP contribution is -2.69. The second-order valence-electron chi connectivity index (χ2n) is 16.4. The lowest BCUT2D eigenvalue weighted by Gasteiger charge is -2.59. The summed E-state index contributed by atoms with van der Waals surface area (Å²) >= 11 is 1.73. The van der Waals surface area contributed by atoms with Crippen molar-refractivity contribution in [2.45, 2.75) is 93.1 Å². The van der Waals surface area contributed by atoms with Gasteiger partial charge in [-0.1, -0.05) is 48.3 Å². The number of ether oxygens (including phenoxy) is 5. The molecule has 0 aromatic heterocycles. The van der Waals surface area contributed by atoms with E-state index in [9.17, 15) is 25.1 Å². The van der Waals surface area contributed by atoms with Gasteiger partial charge in [-0.3, -0.25) is 10.1 Å². The third-order valence-corrected chi connectivity index (χ3v) is 13.4. The number of non-ortho nitro benzene ring substituents is 1. The number of unbranched alkanes of at least 4 members (excludes halogenated alkanes) is 2. The predicted octanol–water partition coefficient (Wildman–Crippen LogP) is 9.06. The van der Waals surface area contributed by atoms with Crippen molar-refractivity contribution >= 4 is 29.3 Å². The second-order valence-corrected chi connectivity index (χ2v) is 17.6. The van der Waals surface area contributed by atoms with Crippen LogP contribution in [0.2, 0.25) is 0 Å². The maximum atomic E-state index is 14.3. The Morgan fingerprint density at radius 3 is 2.51 bits per heavy atom. The lowest BCUT2D eigenvalue weighted by molar-refractivity contribution is -0.384. The molecule has 7 unspecified atom stereocenters. The molecule has 4 aliphatic rings. The minimum absolute atomic E-state index is 0.0298. The van der Waals surface area contributed by atoms with Gasteiger partial charge in [0.15, 0.2) is 0 Å². The zero-order valence-corrected chi connectivity index (χ0v) is 36.7. The highest BCUT2D eigenvalue weighted by Crippen LogP contribution is 2.62. The van der Waals surface area contributed by atoms with Crippen LogP contribution in [0.4, 0.5) is 10.5 Å². The summed E-state index contributed by atoms with van der Waals surface area (Å²) in [5.74, 6) is 0.0273. The number of hydrogen-bond donors (Lipinski definition) is 2. The zero-order valence-electron chi connectivity index (χ0n) is 35.9. The molecule has 15 heteroatoms. The summed E-state index contributed by atoms with van der Waals surface area (Å²) in [5.41, 5.74) is 2.35. The number of nitrogens with zero attached hydrogens (tertiary/aromatic N) is 3. The van der Waals surface area contributed by atoms with E-state index in [1.807, 2.05) is 30.3 Å². The summed E-state index contributed by atoms with van der Waals surface area (Å²) < 4.78 is 32.4. The van der Waals surface area contributed by atoms with Crippen LogP contribution in [-0.4, -0.2) is 95.8 Å². The Hall–Kier alpha value is -4.93. The number of carbonyl (C=O) groups is 1. The first-order valence-electron chi connectivity index (χ1n) is 22.1. The quantitative estimate of drug-likeness (QED) is 0.0342. The number of oxime groups is 1. The SMILES string of the molecule is C=CCOC12Oc3ccc(OCCSc4ccccc4)cc3C3C(CCCCO)C(CCCCO)C=C(C(=NOC4CCCCO4)CC1N(C)C(=O)Oc1ccc([N+](=O)[O-])cc1)C32. The Labute approximate surface area is 373 Å². The van der Waals surface area contributed by atoms with E-state index in [0.29, 0.717) is 49.7 Å². The van der Waals surface area contributed by atoms with Crippen molar-refractivity contribution in [1.29, 1.82) is 0 Å². The summed E-state index contributed by atoms with van der Waals surface area (Å²) in [6, 6.07) is 20.6. The Morgan fingerprint density at radius 1 is 1.03 bits per heavy atom. The molecule has 1 saturated carbocycles. The van der Waals surface area contributed by atoms with Crippen LogP contribution in [0.5, 0.6) is 17.2 Å². The third kappa shape index (κ3) is 10.9. The third-order valence-electron chi connectivity index (χ3n) is 12.4. The number of likely N-dealkylation sites (N-methyl/N-ethyl adjacent to an activating group) is 1. The molecule has 1 amide bonds. The summed E-state index contributed by atoms with van der Waals surface area (Å²) in [5, 5.41) is 36.1. The van der Waals surface area contributed by atoms with Gasteiger partial charge < -0.3 is 43.6 Å². The number of thioether (sulfide) groups is 1. The van der Waals surface area contributed by atoms with Crippen molar-refractivity contribution in [1.82, 2.24) is 4.90 Å². The van der Waals surface area contributed by atoms with Crippen LogP contribution in [0, 0.1) is 27.9 Å². The monoisotopic (exact) mass is 885 g/mol. The molecule has 1 saturated heterocycles. The van der Waals surface area contributed by atoms with Crippen molar-refractivity contribution in [2.75, 3.05) is 45.8 Å². The minimum Gasteiger partial charge on any atom is -0.493 e. The highest BCUT2D eigenvalue weighted by Gasteiger charge is 2.65. The molecule has 3 aromatic rings. The van der Waals surface area contributed by atoms with Crippen molar-refractivity contribution in [3.05, 3.63) is 113 Å². The zero-order chi connectivity index (χ0) is 44.2.